The molecule has 0 aromatic carbocycles. The van der Waals surface area contributed by atoms with Gasteiger partial charge in [-0.1, -0.05) is 12.8 Å². The Labute approximate surface area is 116 Å². The van der Waals surface area contributed by atoms with E-state index >= 15 is 0 Å². The van der Waals surface area contributed by atoms with Gasteiger partial charge in [-0.05, 0) is 45.6 Å². The molecule has 4 heteroatoms. The molecule has 1 saturated heterocycles. The standard InChI is InChI=1S/C15H27NO3/c1-2-18-14(17)6-5-10-16-13-7-11-19-15(12-13)8-3-4-9-15/h13,16H,2-12H2,1H3. The highest BCUT2D eigenvalue weighted by molar-refractivity contribution is 5.69. The molecule has 1 atom stereocenters. The molecule has 1 aliphatic carbocycles. The van der Waals surface area contributed by atoms with Gasteiger partial charge in [-0.2, -0.15) is 0 Å². The minimum atomic E-state index is -0.0801. The van der Waals surface area contributed by atoms with E-state index < -0.39 is 0 Å². The van der Waals surface area contributed by atoms with Gasteiger partial charge in [0.05, 0.1) is 12.2 Å². The highest BCUT2D eigenvalue weighted by Gasteiger charge is 2.39. The van der Waals surface area contributed by atoms with Crippen molar-refractivity contribution in [3.05, 3.63) is 0 Å². The highest BCUT2D eigenvalue weighted by Crippen LogP contribution is 2.39. The molecule has 0 radical (unpaired) electrons. The second kappa shape index (κ2) is 7.25. The molecule has 4 nitrogen and oxygen atoms in total. The molecule has 2 rings (SSSR count). The largest absolute Gasteiger partial charge is 0.466 e. The quantitative estimate of drug-likeness (QED) is 0.594. The SMILES string of the molecule is CCOC(=O)CCCNC1CCOC2(CCCC2)C1. The zero-order chi connectivity index (χ0) is 13.6. The van der Waals surface area contributed by atoms with Gasteiger partial charge in [0.1, 0.15) is 0 Å². The summed E-state index contributed by atoms with van der Waals surface area (Å²) < 4.78 is 10.9. The van der Waals surface area contributed by atoms with Crippen molar-refractivity contribution < 1.29 is 14.3 Å². The van der Waals surface area contributed by atoms with E-state index in [0.29, 0.717) is 19.1 Å². The highest BCUT2D eigenvalue weighted by atomic mass is 16.5. The van der Waals surface area contributed by atoms with Crippen LogP contribution in [0.1, 0.15) is 58.3 Å². The monoisotopic (exact) mass is 269 g/mol. The maximum atomic E-state index is 11.2. The Kier molecular flexibility index (Phi) is 5.64. The third-order valence-electron chi connectivity index (χ3n) is 4.30. The summed E-state index contributed by atoms with van der Waals surface area (Å²) in [6.07, 6.45) is 8.72. The second-order valence-corrected chi connectivity index (χ2v) is 5.79. The maximum Gasteiger partial charge on any atom is 0.305 e. The molecule has 0 amide bonds. The maximum absolute atomic E-state index is 11.2. The van der Waals surface area contributed by atoms with Crippen LogP contribution >= 0.6 is 0 Å². The molecule has 0 aromatic rings. The molecule has 2 fully saturated rings. The third kappa shape index (κ3) is 4.46. The van der Waals surface area contributed by atoms with E-state index in [1.165, 1.54) is 25.7 Å². The molecule has 1 N–H and O–H groups in total. The molecule has 19 heavy (non-hydrogen) atoms. The van der Waals surface area contributed by atoms with Gasteiger partial charge in [0, 0.05) is 19.1 Å². The normalized spacial score (nSPS) is 25.6. The van der Waals surface area contributed by atoms with Crippen molar-refractivity contribution in [3.8, 4) is 0 Å². The van der Waals surface area contributed by atoms with Crippen LogP contribution in [0.25, 0.3) is 0 Å². The summed E-state index contributed by atoms with van der Waals surface area (Å²) in [5, 5.41) is 3.58. The Morgan fingerprint density at radius 1 is 1.42 bits per heavy atom. The lowest BCUT2D eigenvalue weighted by atomic mass is 9.89. The summed E-state index contributed by atoms with van der Waals surface area (Å²) in [6, 6.07) is 0.564. The Morgan fingerprint density at radius 2 is 2.21 bits per heavy atom. The Balaban J connectivity index is 1.62. The first kappa shape index (κ1) is 14.8. The fraction of sp³-hybridized carbons (Fsp3) is 0.933. The number of esters is 1. The zero-order valence-electron chi connectivity index (χ0n) is 12.1. The van der Waals surface area contributed by atoms with Crippen molar-refractivity contribution in [2.24, 2.45) is 0 Å². The molecule has 1 heterocycles. The number of carbonyl (C=O) groups excluding carboxylic acids is 1. The minimum Gasteiger partial charge on any atom is -0.466 e. The van der Waals surface area contributed by atoms with Gasteiger partial charge in [-0.15, -0.1) is 0 Å². The molecule has 0 aromatic heterocycles. The molecule has 1 unspecified atom stereocenters. The van der Waals surface area contributed by atoms with Gasteiger partial charge in [0.25, 0.3) is 0 Å². The molecular weight excluding hydrogens is 242 g/mol. The number of carbonyl (C=O) groups is 1. The van der Waals surface area contributed by atoms with Crippen molar-refractivity contribution >= 4 is 5.97 Å². The van der Waals surface area contributed by atoms with E-state index in [-0.39, 0.29) is 11.6 Å². The zero-order valence-corrected chi connectivity index (χ0v) is 12.1. The molecule has 1 spiro atoms. The average Bonchev–Trinajstić information content (AvgIpc) is 2.83. The van der Waals surface area contributed by atoms with Crippen molar-refractivity contribution in [1.29, 1.82) is 0 Å². The van der Waals surface area contributed by atoms with Gasteiger partial charge in [0.2, 0.25) is 0 Å². The van der Waals surface area contributed by atoms with E-state index in [4.69, 9.17) is 9.47 Å². The van der Waals surface area contributed by atoms with E-state index in [9.17, 15) is 4.79 Å². The molecule has 0 bridgehead atoms. The van der Waals surface area contributed by atoms with Crippen LogP contribution in [0, 0.1) is 0 Å². The first-order valence-corrected chi connectivity index (χ1v) is 7.77. The summed E-state index contributed by atoms with van der Waals surface area (Å²) in [6.45, 7) is 4.11. The molecule has 1 aliphatic heterocycles. The number of hydrogen-bond acceptors (Lipinski definition) is 4. The van der Waals surface area contributed by atoms with E-state index in [2.05, 4.69) is 5.32 Å². The summed E-state index contributed by atoms with van der Waals surface area (Å²) in [5.41, 5.74) is 0.178. The van der Waals surface area contributed by atoms with Crippen LogP contribution in [0.2, 0.25) is 0 Å². The van der Waals surface area contributed by atoms with Gasteiger partial charge < -0.3 is 14.8 Å². The molecular formula is C15H27NO3. The summed E-state index contributed by atoms with van der Waals surface area (Å²) in [7, 11) is 0. The fourth-order valence-electron chi connectivity index (χ4n) is 3.34. The average molecular weight is 269 g/mol. The number of rotatable bonds is 6. The Bertz CT molecular complexity index is 287. The number of hydrogen-bond donors (Lipinski definition) is 1. The van der Waals surface area contributed by atoms with Gasteiger partial charge >= 0.3 is 5.97 Å². The van der Waals surface area contributed by atoms with Crippen LogP contribution in [0.5, 0.6) is 0 Å². The predicted octanol–water partition coefficient (Wildman–Crippen LogP) is 2.41. The topological polar surface area (TPSA) is 47.6 Å². The molecule has 110 valence electrons. The fourth-order valence-corrected chi connectivity index (χ4v) is 3.34. The first-order chi connectivity index (χ1) is 9.24. The molecule has 1 saturated carbocycles. The minimum absolute atomic E-state index is 0.0801. The van der Waals surface area contributed by atoms with Gasteiger partial charge in [-0.3, -0.25) is 4.79 Å². The van der Waals surface area contributed by atoms with Gasteiger partial charge in [-0.25, -0.2) is 0 Å². The van der Waals surface area contributed by atoms with Crippen LogP contribution in [0.15, 0.2) is 0 Å². The van der Waals surface area contributed by atoms with E-state index in [0.717, 1.165) is 32.4 Å². The molecule has 2 aliphatic rings. The Morgan fingerprint density at radius 3 is 2.95 bits per heavy atom. The van der Waals surface area contributed by atoms with Crippen molar-refractivity contribution in [2.45, 2.75) is 69.9 Å². The number of ether oxygens (including phenoxy) is 2. The predicted molar refractivity (Wildman–Crippen MR) is 74.0 cm³/mol. The smallest absolute Gasteiger partial charge is 0.305 e. The van der Waals surface area contributed by atoms with Crippen LogP contribution < -0.4 is 5.32 Å². The lowest BCUT2D eigenvalue weighted by Crippen LogP contribution is -2.45. The van der Waals surface area contributed by atoms with Crippen LogP contribution in [-0.4, -0.2) is 37.4 Å². The summed E-state index contributed by atoms with van der Waals surface area (Å²) in [5.74, 6) is -0.0801. The van der Waals surface area contributed by atoms with E-state index in [1.807, 2.05) is 6.92 Å². The first-order valence-electron chi connectivity index (χ1n) is 7.77. The van der Waals surface area contributed by atoms with Crippen molar-refractivity contribution in [2.75, 3.05) is 19.8 Å². The Hall–Kier alpha value is -0.610. The van der Waals surface area contributed by atoms with Gasteiger partial charge in [0.15, 0.2) is 0 Å². The number of nitrogens with one attached hydrogen (secondary N) is 1. The lowest BCUT2D eigenvalue weighted by molar-refractivity contribution is -0.143. The van der Waals surface area contributed by atoms with Crippen molar-refractivity contribution in [3.63, 3.8) is 0 Å². The van der Waals surface area contributed by atoms with Crippen LogP contribution in [-0.2, 0) is 14.3 Å². The van der Waals surface area contributed by atoms with Crippen molar-refractivity contribution in [1.82, 2.24) is 5.32 Å². The van der Waals surface area contributed by atoms with E-state index in [1.54, 1.807) is 0 Å². The van der Waals surface area contributed by atoms with Crippen LogP contribution in [0.3, 0.4) is 0 Å². The summed E-state index contributed by atoms with van der Waals surface area (Å²) in [4.78, 5) is 11.2. The third-order valence-corrected chi connectivity index (χ3v) is 4.30. The lowest BCUT2D eigenvalue weighted by Gasteiger charge is -2.38. The van der Waals surface area contributed by atoms with Crippen LogP contribution in [0.4, 0.5) is 0 Å². The second-order valence-electron chi connectivity index (χ2n) is 5.79. The summed E-state index contributed by atoms with van der Waals surface area (Å²) >= 11 is 0.